The van der Waals surface area contributed by atoms with Crippen LogP contribution in [0, 0.1) is 12.7 Å². The Labute approximate surface area is 138 Å². The molecular weight excluding hydrogens is 345 g/mol. The number of hydrogen-bond acceptors (Lipinski definition) is 4. The van der Waals surface area contributed by atoms with Gasteiger partial charge in [0, 0.05) is 5.69 Å². The van der Waals surface area contributed by atoms with Gasteiger partial charge in [-0.05, 0) is 48.9 Å². The summed E-state index contributed by atoms with van der Waals surface area (Å²) in [6, 6.07) is 7.49. The highest BCUT2D eigenvalue weighted by Gasteiger charge is 2.18. The molecule has 2 aromatic rings. The summed E-state index contributed by atoms with van der Waals surface area (Å²) >= 11 is 5.88. The van der Waals surface area contributed by atoms with Crippen LogP contribution in [-0.2, 0) is 14.8 Å². The average molecular weight is 358 g/mol. The number of anilines is 1. The van der Waals surface area contributed by atoms with E-state index in [0.29, 0.717) is 0 Å². The first-order valence-electron chi connectivity index (χ1n) is 6.41. The number of aryl methyl sites for hydroxylation is 1. The van der Waals surface area contributed by atoms with Crippen molar-refractivity contribution >= 4 is 33.3 Å². The molecule has 0 aromatic heterocycles. The van der Waals surface area contributed by atoms with E-state index >= 15 is 0 Å². The summed E-state index contributed by atoms with van der Waals surface area (Å²) in [7, 11) is -2.74. The van der Waals surface area contributed by atoms with Gasteiger partial charge in [0.05, 0.1) is 22.6 Å². The van der Waals surface area contributed by atoms with Gasteiger partial charge in [0.25, 0.3) is 10.0 Å². The molecular formula is C15H13ClFNO4S. The fraction of sp³-hybridized carbons (Fsp3) is 0.133. The maximum absolute atomic E-state index is 13.3. The Morgan fingerprint density at radius 3 is 2.52 bits per heavy atom. The number of sulfonamides is 1. The molecule has 0 radical (unpaired) electrons. The van der Waals surface area contributed by atoms with E-state index in [1.165, 1.54) is 38.3 Å². The molecule has 2 aromatic carbocycles. The number of esters is 1. The number of rotatable bonds is 4. The van der Waals surface area contributed by atoms with E-state index < -0.39 is 21.8 Å². The van der Waals surface area contributed by atoms with Crippen molar-refractivity contribution < 1.29 is 22.3 Å². The molecule has 122 valence electrons. The summed E-state index contributed by atoms with van der Waals surface area (Å²) in [5, 5.41) is 0.137. The Hall–Kier alpha value is -2.12. The third-order valence-electron chi connectivity index (χ3n) is 3.06. The van der Waals surface area contributed by atoms with Crippen LogP contribution in [0.2, 0.25) is 5.02 Å². The Kier molecular flexibility index (Phi) is 4.91. The molecule has 0 aliphatic heterocycles. The first-order valence-corrected chi connectivity index (χ1v) is 8.27. The molecule has 8 heteroatoms. The minimum Gasteiger partial charge on any atom is -0.465 e. The SMILES string of the molecule is COC(=O)c1cc(NS(=O)(=O)c2ccc(F)c(C)c2)ccc1Cl. The Morgan fingerprint density at radius 1 is 1.22 bits per heavy atom. The van der Waals surface area contributed by atoms with E-state index in [4.69, 9.17) is 11.6 Å². The fourth-order valence-electron chi connectivity index (χ4n) is 1.85. The Morgan fingerprint density at radius 2 is 1.91 bits per heavy atom. The normalized spacial score (nSPS) is 11.1. The highest BCUT2D eigenvalue weighted by atomic mass is 35.5. The maximum Gasteiger partial charge on any atom is 0.339 e. The van der Waals surface area contributed by atoms with Crippen molar-refractivity contribution in [1.29, 1.82) is 0 Å². The molecule has 0 atom stereocenters. The minimum absolute atomic E-state index is 0.0321. The second-order valence-corrected chi connectivity index (χ2v) is 6.79. The van der Waals surface area contributed by atoms with Crippen LogP contribution in [-0.4, -0.2) is 21.5 Å². The molecule has 0 fully saturated rings. The van der Waals surface area contributed by atoms with Crippen molar-refractivity contribution in [3.63, 3.8) is 0 Å². The minimum atomic E-state index is -3.93. The number of ether oxygens (including phenoxy) is 1. The molecule has 1 N–H and O–H groups in total. The fourth-order valence-corrected chi connectivity index (χ4v) is 3.18. The Bertz CT molecular complexity index is 868. The zero-order valence-electron chi connectivity index (χ0n) is 12.3. The number of carbonyl (C=O) groups excluding carboxylic acids is 1. The van der Waals surface area contributed by atoms with Crippen LogP contribution < -0.4 is 4.72 Å². The van der Waals surface area contributed by atoms with Crippen LogP contribution >= 0.6 is 11.6 Å². The average Bonchev–Trinajstić information content (AvgIpc) is 2.50. The van der Waals surface area contributed by atoms with E-state index in [1.54, 1.807) is 0 Å². The van der Waals surface area contributed by atoms with Gasteiger partial charge in [0.1, 0.15) is 5.82 Å². The first kappa shape index (κ1) is 17.2. The van der Waals surface area contributed by atoms with Gasteiger partial charge < -0.3 is 4.74 Å². The van der Waals surface area contributed by atoms with Gasteiger partial charge in [-0.15, -0.1) is 0 Å². The Balaban J connectivity index is 2.37. The van der Waals surface area contributed by atoms with Gasteiger partial charge in [-0.1, -0.05) is 11.6 Å². The molecule has 23 heavy (non-hydrogen) atoms. The zero-order valence-corrected chi connectivity index (χ0v) is 13.8. The number of halogens is 2. The summed E-state index contributed by atoms with van der Waals surface area (Å²) in [4.78, 5) is 11.5. The van der Waals surface area contributed by atoms with Gasteiger partial charge in [0.15, 0.2) is 0 Å². The van der Waals surface area contributed by atoms with Crippen LogP contribution in [0.4, 0.5) is 10.1 Å². The van der Waals surface area contributed by atoms with E-state index in [2.05, 4.69) is 9.46 Å². The van der Waals surface area contributed by atoms with E-state index in [9.17, 15) is 17.6 Å². The lowest BCUT2D eigenvalue weighted by atomic mass is 10.2. The second kappa shape index (κ2) is 6.55. The van der Waals surface area contributed by atoms with Gasteiger partial charge in [-0.2, -0.15) is 0 Å². The number of nitrogens with one attached hydrogen (secondary N) is 1. The standard InChI is InChI=1S/C15H13ClFNO4S/c1-9-7-11(4-6-14(9)17)23(20,21)18-10-3-5-13(16)12(8-10)15(19)22-2/h3-8,18H,1-2H3. The van der Waals surface area contributed by atoms with Crippen molar-refractivity contribution in [2.75, 3.05) is 11.8 Å². The molecule has 0 saturated heterocycles. The summed E-state index contributed by atoms with van der Waals surface area (Å²) in [5.74, 6) is -1.18. The van der Waals surface area contributed by atoms with Gasteiger partial charge in [-0.3, -0.25) is 4.72 Å². The summed E-state index contributed by atoms with van der Waals surface area (Å²) < 4.78 is 44.8. The van der Waals surface area contributed by atoms with Crippen molar-refractivity contribution in [3.05, 3.63) is 58.4 Å². The third-order valence-corrected chi connectivity index (χ3v) is 4.77. The molecule has 0 unspecified atom stereocenters. The summed E-state index contributed by atoms with van der Waals surface area (Å²) in [6.07, 6.45) is 0. The van der Waals surface area contributed by atoms with Crippen molar-refractivity contribution in [2.45, 2.75) is 11.8 Å². The second-order valence-electron chi connectivity index (χ2n) is 4.70. The largest absolute Gasteiger partial charge is 0.465 e. The molecule has 0 aliphatic carbocycles. The van der Waals surface area contributed by atoms with Crippen LogP contribution in [0.3, 0.4) is 0 Å². The van der Waals surface area contributed by atoms with Gasteiger partial charge >= 0.3 is 5.97 Å². The molecule has 0 aliphatic rings. The predicted molar refractivity (Wildman–Crippen MR) is 84.7 cm³/mol. The van der Waals surface area contributed by atoms with Crippen molar-refractivity contribution in [1.82, 2.24) is 0 Å². The maximum atomic E-state index is 13.3. The lowest BCUT2D eigenvalue weighted by Gasteiger charge is -2.11. The molecule has 0 saturated carbocycles. The number of methoxy groups -OCH3 is 1. The van der Waals surface area contributed by atoms with Crippen molar-refractivity contribution in [3.8, 4) is 0 Å². The van der Waals surface area contributed by atoms with Crippen LogP contribution in [0.1, 0.15) is 15.9 Å². The topological polar surface area (TPSA) is 72.5 Å². The lowest BCUT2D eigenvalue weighted by molar-refractivity contribution is 0.0601. The number of carbonyl (C=O) groups is 1. The van der Waals surface area contributed by atoms with Gasteiger partial charge in [0.2, 0.25) is 0 Å². The monoisotopic (exact) mass is 357 g/mol. The van der Waals surface area contributed by atoms with Crippen LogP contribution in [0.15, 0.2) is 41.3 Å². The quantitative estimate of drug-likeness (QED) is 0.851. The van der Waals surface area contributed by atoms with Crippen LogP contribution in [0.5, 0.6) is 0 Å². The molecule has 5 nitrogen and oxygen atoms in total. The number of hydrogen-bond donors (Lipinski definition) is 1. The van der Waals surface area contributed by atoms with E-state index in [0.717, 1.165) is 12.1 Å². The molecule has 0 spiro atoms. The van der Waals surface area contributed by atoms with Crippen LogP contribution in [0.25, 0.3) is 0 Å². The van der Waals surface area contributed by atoms with Gasteiger partial charge in [-0.25, -0.2) is 17.6 Å². The lowest BCUT2D eigenvalue weighted by Crippen LogP contribution is -2.14. The zero-order chi connectivity index (χ0) is 17.2. The molecule has 0 bridgehead atoms. The summed E-state index contributed by atoms with van der Waals surface area (Å²) in [5.41, 5.74) is 0.376. The van der Waals surface area contributed by atoms with E-state index in [-0.39, 0.29) is 26.7 Å². The molecule has 0 amide bonds. The van der Waals surface area contributed by atoms with Crippen molar-refractivity contribution in [2.24, 2.45) is 0 Å². The first-order chi connectivity index (χ1) is 10.7. The highest BCUT2D eigenvalue weighted by Crippen LogP contribution is 2.24. The highest BCUT2D eigenvalue weighted by molar-refractivity contribution is 7.92. The molecule has 0 heterocycles. The third kappa shape index (κ3) is 3.80. The van der Waals surface area contributed by atoms with E-state index in [1.807, 2.05) is 0 Å². The molecule has 2 rings (SSSR count). The summed E-state index contributed by atoms with van der Waals surface area (Å²) in [6.45, 7) is 1.46. The predicted octanol–water partition coefficient (Wildman–Crippen LogP) is 3.37. The number of benzene rings is 2. The smallest absolute Gasteiger partial charge is 0.339 e.